The van der Waals surface area contributed by atoms with Gasteiger partial charge in [0.25, 0.3) is 0 Å². The molecule has 1 aliphatic heterocycles. The average molecular weight is 340 g/mol. The molecule has 0 aromatic carbocycles. The number of hydrogen-bond donors (Lipinski definition) is 0. The van der Waals surface area contributed by atoms with Crippen molar-refractivity contribution in [3.63, 3.8) is 0 Å². The Morgan fingerprint density at radius 3 is 2.48 bits per heavy atom. The summed E-state index contributed by atoms with van der Waals surface area (Å²) in [4.78, 5) is 13.9. The van der Waals surface area contributed by atoms with E-state index in [0.29, 0.717) is 0 Å². The van der Waals surface area contributed by atoms with Gasteiger partial charge in [-0.25, -0.2) is 14.6 Å². The van der Waals surface area contributed by atoms with Crippen molar-refractivity contribution >= 4 is 5.82 Å². The van der Waals surface area contributed by atoms with Gasteiger partial charge in [0.05, 0.1) is 5.69 Å². The summed E-state index contributed by atoms with van der Waals surface area (Å²) in [6.07, 6.45) is 10.8. The SMILES string of the molecule is Cc1ccn(-c2cc(N3CCN(CC4CCCCC4)CC3)ncn2)n1. The number of nitrogens with zero attached hydrogens (tertiary/aromatic N) is 6. The molecule has 25 heavy (non-hydrogen) atoms. The van der Waals surface area contributed by atoms with Gasteiger partial charge < -0.3 is 4.90 Å². The number of aryl methyl sites for hydroxylation is 1. The van der Waals surface area contributed by atoms with Crippen LogP contribution in [0.2, 0.25) is 0 Å². The second-order valence-corrected chi connectivity index (χ2v) is 7.43. The van der Waals surface area contributed by atoms with E-state index in [1.807, 2.05) is 29.9 Å². The molecule has 2 aliphatic rings. The summed E-state index contributed by atoms with van der Waals surface area (Å²) in [7, 11) is 0. The van der Waals surface area contributed by atoms with Crippen LogP contribution >= 0.6 is 0 Å². The largest absolute Gasteiger partial charge is 0.354 e. The highest BCUT2D eigenvalue weighted by atomic mass is 15.3. The fraction of sp³-hybridized carbons (Fsp3) is 0.632. The van der Waals surface area contributed by atoms with Gasteiger partial charge in [-0.3, -0.25) is 4.90 Å². The van der Waals surface area contributed by atoms with E-state index in [4.69, 9.17) is 0 Å². The Labute approximate surface area is 149 Å². The first-order valence-electron chi connectivity index (χ1n) is 9.60. The van der Waals surface area contributed by atoms with Crippen LogP contribution in [0, 0.1) is 12.8 Å². The molecule has 0 amide bonds. The molecule has 6 nitrogen and oxygen atoms in total. The van der Waals surface area contributed by atoms with Crippen molar-refractivity contribution in [3.8, 4) is 5.82 Å². The van der Waals surface area contributed by atoms with Crippen LogP contribution in [0.5, 0.6) is 0 Å². The molecular formula is C19H28N6. The lowest BCUT2D eigenvalue weighted by atomic mass is 9.89. The van der Waals surface area contributed by atoms with Crippen LogP contribution in [-0.2, 0) is 0 Å². The van der Waals surface area contributed by atoms with Gasteiger partial charge in [0.2, 0.25) is 0 Å². The molecule has 0 N–H and O–H groups in total. The molecule has 1 saturated heterocycles. The minimum atomic E-state index is 0.836. The normalized spacial score (nSPS) is 20.1. The van der Waals surface area contributed by atoms with E-state index in [9.17, 15) is 0 Å². The van der Waals surface area contributed by atoms with E-state index in [2.05, 4.69) is 24.9 Å². The first-order valence-corrected chi connectivity index (χ1v) is 9.60. The summed E-state index contributed by atoms with van der Waals surface area (Å²) in [6, 6.07) is 4.04. The van der Waals surface area contributed by atoms with Gasteiger partial charge in [-0.05, 0) is 31.7 Å². The standard InChI is InChI=1S/C19H28N6/c1-16-7-8-25(22-16)19-13-18(20-15-21-19)24-11-9-23(10-12-24)14-17-5-3-2-4-6-17/h7-8,13,15,17H,2-6,9-12,14H2,1H3. The zero-order valence-corrected chi connectivity index (χ0v) is 15.1. The molecule has 0 bridgehead atoms. The fourth-order valence-corrected chi connectivity index (χ4v) is 4.07. The van der Waals surface area contributed by atoms with Crippen molar-refractivity contribution < 1.29 is 0 Å². The molecule has 1 aliphatic carbocycles. The molecule has 0 unspecified atom stereocenters. The van der Waals surface area contributed by atoms with Crippen LogP contribution in [0.1, 0.15) is 37.8 Å². The molecule has 134 valence electrons. The fourth-order valence-electron chi connectivity index (χ4n) is 4.07. The van der Waals surface area contributed by atoms with E-state index in [0.717, 1.165) is 49.4 Å². The predicted octanol–water partition coefficient (Wildman–Crippen LogP) is 2.67. The third kappa shape index (κ3) is 4.00. The number of rotatable bonds is 4. The minimum absolute atomic E-state index is 0.836. The van der Waals surface area contributed by atoms with E-state index >= 15 is 0 Å². The Kier molecular flexibility index (Phi) is 4.97. The Balaban J connectivity index is 1.36. The predicted molar refractivity (Wildman–Crippen MR) is 99.1 cm³/mol. The van der Waals surface area contributed by atoms with Gasteiger partial charge in [0.15, 0.2) is 5.82 Å². The van der Waals surface area contributed by atoms with Crippen molar-refractivity contribution in [3.05, 3.63) is 30.4 Å². The molecule has 2 aromatic heterocycles. The molecule has 2 fully saturated rings. The van der Waals surface area contributed by atoms with Crippen LogP contribution in [0.25, 0.3) is 5.82 Å². The number of aromatic nitrogens is 4. The highest BCUT2D eigenvalue weighted by molar-refractivity contribution is 5.43. The smallest absolute Gasteiger partial charge is 0.158 e. The number of piperazine rings is 1. The molecule has 6 heteroatoms. The third-order valence-electron chi connectivity index (χ3n) is 5.53. The molecule has 0 radical (unpaired) electrons. The minimum Gasteiger partial charge on any atom is -0.354 e. The monoisotopic (exact) mass is 340 g/mol. The summed E-state index contributed by atoms with van der Waals surface area (Å²) in [5.74, 6) is 2.77. The molecule has 0 spiro atoms. The van der Waals surface area contributed by atoms with Crippen LogP contribution in [0.4, 0.5) is 5.82 Å². The molecule has 1 saturated carbocycles. The highest BCUT2D eigenvalue weighted by Gasteiger charge is 2.22. The Hall–Kier alpha value is -1.95. The van der Waals surface area contributed by atoms with Gasteiger partial charge in [0.1, 0.15) is 12.1 Å². The molecule has 2 aromatic rings. The lowest BCUT2D eigenvalue weighted by Crippen LogP contribution is -2.48. The van der Waals surface area contributed by atoms with Crippen molar-refractivity contribution in [2.24, 2.45) is 5.92 Å². The second-order valence-electron chi connectivity index (χ2n) is 7.43. The lowest BCUT2D eigenvalue weighted by Gasteiger charge is -2.37. The zero-order chi connectivity index (χ0) is 17.1. The Morgan fingerprint density at radius 2 is 1.76 bits per heavy atom. The second kappa shape index (κ2) is 7.52. The average Bonchev–Trinajstić information content (AvgIpc) is 3.10. The summed E-state index contributed by atoms with van der Waals surface area (Å²) in [5, 5.41) is 4.44. The van der Waals surface area contributed by atoms with Crippen molar-refractivity contribution in [2.45, 2.75) is 39.0 Å². The maximum atomic E-state index is 4.49. The van der Waals surface area contributed by atoms with Gasteiger partial charge >= 0.3 is 0 Å². The first kappa shape index (κ1) is 16.5. The maximum absolute atomic E-state index is 4.49. The van der Waals surface area contributed by atoms with E-state index < -0.39 is 0 Å². The third-order valence-corrected chi connectivity index (χ3v) is 5.53. The van der Waals surface area contributed by atoms with Gasteiger partial charge in [-0.1, -0.05) is 19.3 Å². The quantitative estimate of drug-likeness (QED) is 0.856. The first-order chi connectivity index (χ1) is 12.3. The van der Waals surface area contributed by atoms with E-state index in [1.165, 1.54) is 38.6 Å². The van der Waals surface area contributed by atoms with Gasteiger partial charge in [-0.2, -0.15) is 5.10 Å². The molecule has 0 atom stereocenters. The Bertz CT molecular complexity index is 683. The summed E-state index contributed by atoms with van der Waals surface area (Å²) < 4.78 is 1.82. The summed E-state index contributed by atoms with van der Waals surface area (Å²) in [6.45, 7) is 7.63. The van der Waals surface area contributed by atoms with Gasteiger partial charge in [0, 0.05) is 45.0 Å². The number of hydrogen-bond acceptors (Lipinski definition) is 5. The molecule has 4 rings (SSSR count). The molecular weight excluding hydrogens is 312 g/mol. The van der Waals surface area contributed by atoms with Crippen LogP contribution in [0.15, 0.2) is 24.7 Å². The molecule has 3 heterocycles. The zero-order valence-electron chi connectivity index (χ0n) is 15.1. The lowest BCUT2D eigenvalue weighted by molar-refractivity contribution is 0.191. The topological polar surface area (TPSA) is 50.1 Å². The van der Waals surface area contributed by atoms with Crippen molar-refractivity contribution in [2.75, 3.05) is 37.6 Å². The summed E-state index contributed by atoms with van der Waals surface area (Å²) in [5.41, 5.74) is 0.997. The summed E-state index contributed by atoms with van der Waals surface area (Å²) >= 11 is 0. The van der Waals surface area contributed by atoms with Crippen LogP contribution in [-0.4, -0.2) is 57.4 Å². The number of anilines is 1. The Morgan fingerprint density at radius 1 is 1.00 bits per heavy atom. The van der Waals surface area contributed by atoms with Crippen molar-refractivity contribution in [1.29, 1.82) is 0 Å². The van der Waals surface area contributed by atoms with E-state index in [-0.39, 0.29) is 0 Å². The maximum Gasteiger partial charge on any atom is 0.158 e. The highest BCUT2D eigenvalue weighted by Crippen LogP contribution is 2.25. The van der Waals surface area contributed by atoms with Crippen LogP contribution < -0.4 is 4.90 Å². The van der Waals surface area contributed by atoms with Gasteiger partial charge in [-0.15, -0.1) is 0 Å². The van der Waals surface area contributed by atoms with E-state index in [1.54, 1.807) is 6.33 Å². The van der Waals surface area contributed by atoms with Crippen LogP contribution in [0.3, 0.4) is 0 Å². The van der Waals surface area contributed by atoms with Crippen molar-refractivity contribution in [1.82, 2.24) is 24.6 Å².